The Kier molecular flexibility index (Phi) is 3.78. The molecule has 1 aliphatic rings. The van der Waals surface area contributed by atoms with Crippen molar-refractivity contribution < 1.29 is 32.3 Å². The Morgan fingerprint density at radius 1 is 1.29 bits per heavy atom. The number of aliphatic carboxylic acids is 1. The van der Waals surface area contributed by atoms with E-state index in [1.807, 2.05) is 0 Å². The molecule has 1 atom stereocenters. The zero-order valence-corrected chi connectivity index (χ0v) is 12.1. The Labute approximate surface area is 133 Å². The first-order valence-electron chi connectivity index (χ1n) is 6.93. The van der Waals surface area contributed by atoms with Gasteiger partial charge in [-0.2, -0.15) is 0 Å². The molecule has 1 aromatic heterocycles. The van der Waals surface area contributed by atoms with Crippen molar-refractivity contribution in [2.45, 2.75) is 12.1 Å². The van der Waals surface area contributed by atoms with E-state index in [1.54, 1.807) is 0 Å². The van der Waals surface area contributed by atoms with E-state index < -0.39 is 47.2 Å². The fourth-order valence-electron chi connectivity index (χ4n) is 2.47. The maximum Gasteiger partial charge on any atom is 0.343 e. The summed E-state index contributed by atoms with van der Waals surface area (Å²) in [7, 11) is 0. The highest BCUT2D eigenvalue weighted by atomic mass is 19.1. The fourth-order valence-corrected chi connectivity index (χ4v) is 2.47. The number of nitrogens with zero attached hydrogens (tertiary/aromatic N) is 2. The summed E-state index contributed by atoms with van der Waals surface area (Å²) in [5.41, 5.74) is -3.33. The van der Waals surface area contributed by atoms with Crippen LogP contribution in [0.1, 0.15) is 16.9 Å². The van der Waals surface area contributed by atoms with Crippen molar-refractivity contribution in [1.29, 1.82) is 0 Å². The number of rotatable bonds is 3. The van der Waals surface area contributed by atoms with E-state index in [2.05, 4.69) is 4.98 Å². The first-order chi connectivity index (χ1) is 11.3. The number of amides is 1. The van der Waals surface area contributed by atoms with Crippen LogP contribution in [0.2, 0.25) is 0 Å². The second-order valence-electron chi connectivity index (χ2n) is 5.38. The molecule has 0 spiro atoms. The van der Waals surface area contributed by atoms with Gasteiger partial charge in [0.15, 0.2) is 5.69 Å². The van der Waals surface area contributed by atoms with Gasteiger partial charge in [0.25, 0.3) is 5.91 Å². The van der Waals surface area contributed by atoms with Crippen LogP contribution < -0.4 is 0 Å². The number of benzene rings is 1. The number of hydrogen-bond acceptors (Lipinski definition) is 4. The van der Waals surface area contributed by atoms with Crippen molar-refractivity contribution in [2.24, 2.45) is 0 Å². The lowest BCUT2D eigenvalue weighted by Gasteiger charge is -2.16. The highest BCUT2D eigenvalue weighted by Crippen LogP contribution is 2.29. The van der Waals surface area contributed by atoms with Crippen LogP contribution in [0.5, 0.6) is 0 Å². The Bertz CT molecular complexity index is 803. The van der Waals surface area contributed by atoms with E-state index in [9.17, 15) is 22.8 Å². The summed E-state index contributed by atoms with van der Waals surface area (Å²) >= 11 is 0. The molecule has 1 unspecified atom stereocenters. The molecule has 0 bridgehead atoms. The van der Waals surface area contributed by atoms with Gasteiger partial charge in [-0.15, -0.1) is 0 Å². The third-order valence-corrected chi connectivity index (χ3v) is 3.79. The van der Waals surface area contributed by atoms with Crippen LogP contribution in [0, 0.1) is 11.6 Å². The van der Waals surface area contributed by atoms with Crippen LogP contribution >= 0.6 is 0 Å². The fraction of sp³-hybridized carbons (Fsp3) is 0.267. The molecule has 1 fully saturated rings. The maximum atomic E-state index is 14.0. The molecule has 9 heteroatoms. The van der Waals surface area contributed by atoms with Gasteiger partial charge in [0.05, 0.1) is 6.54 Å². The number of carboxylic acids is 1. The molecule has 0 radical (unpaired) electrons. The van der Waals surface area contributed by atoms with Crippen LogP contribution in [0.25, 0.3) is 11.5 Å². The summed E-state index contributed by atoms with van der Waals surface area (Å²) in [4.78, 5) is 27.8. The molecule has 0 saturated carbocycles. The third kappa shape index (κ3) is 2.61. The lowest BCUT2D eigenvalue weighted by molar-refractivity contribution is -0.149. The summed E-state index contributed by atoms with van der Waals surface area (Å²) in [6.45, 7) is -0.741. The monoisotopic (exact) mass is 340 g/mol. The Morgan fingerprint density at radius 3 is 2.54 bits per heavy atom. The van der Waals surface area contributed by atoms with Gasteiger partial charge in [-0.1, -0.05) is 6.07 Å². The first-order valence-corrected chi connectivity index (χ1v) is 6.93. The molecule has 1 aliphatic heterocycles. The van der Waals surface area contributed by atoms with Crippen molar-refractivity contribution >= 4 is 11.9 Å². The highest BCUT2D eigenvalue weighted by Gasteiger charge is 2.47. The second-order valence-corrected chi connectivity index (χ2v) is 5.38. The van der Waals surface area contributed by atoms with Gasteiger partial charge < -0.3 is 14.4 Å². The predicted molar refractivity (Wildman–Crippen MR) is 73.9 cm³/mol. The number of halogens is 3. The van der Waals surface area contributed by atoms with Crippen molar-refractivity contribution in [3.05, 3.63) is 41.8 Å². The lowest BCUT2D eigenvalue weighted by Crippen LogP contribution is -2.39. The van der Waals surface area contributed by atoms with Gasteiger partial charge in [0, 0.05) is 13.0 Å². The standard InChI is InChI=1S/C15H11F3N2O4/c16-8-2-1-3-9(17)11(8)12-19-10(6-24-12)13(21)20-5-4-15(18,7-20)14(22)23/h1-3,6H,4-5,7H2,(H,22,23). The average Bonchev–Trinajstić information content (AvgIpc) is 3.14. The topological polar surface area (TPSA) is 83.6 Å². The number of hydrogen-bond donors (Lipinski definition) is 1. The molecule has 0 aliphatic carbocycles. The van der Waals surface area contributed by atoms with Crippen molar-refractivity contribution in [1.82, 2.24) is 9.88 Å². The zero-order chi connectivity index (χ0) is 17.5. The number of alkyl halides is 1. The average molecular weight is 340 g/mol. The first kappa shape index (κ1) is 16.0. The number of carboxylic acid groups (broad SMARTS) is 1. The van der Waals surface area contributed by atoms with Crippen LogP contribution in [0.3, 0.4) is 0 Å². The molecule has 2 aromatic rings. The summed E-state index contributed by atoms with van der Waals surface area (Å²) in [6.07, 6.45) is 0.545. The number of oxazole rings is 1. The van der Waals surface area contributed by atoms with Crippen LogP contribution in [0.15, 0.2) is 28.9 Å². The summed E-state index contributed by atoms with van der Waals surface area (Å²) < 4.78 is 46.3. The largest absolute Gasteiger partial charge is 0.479 e. The minimum Gasteiger partial charge on any atom is -0.479 e. The molecule has 1 aromatic carbocycles. The molecular weight excluding hydrogens is 329 g/mol. The third-order valence-electron chi connectivity index (χ3n) is 3.79. The zero-order valence-electron chi connectivity index (χ0n) is 12.1. The molecule has 24 heavy (non-hydrogen) atoms. The Morgan fingerprint density at radius 2 is 1.96 bits per heavy atom. The van der Waals surface area contributed by atoms with Gasteiger partial charge in [0.2, 0.25) is 11.6 Å². The van der Waals surface area contributed by atoms with Crippen molar-refractivity contribution in [3.8, 4) is 11.5 Å². The normalized spacial score (nSPS) is 20.4. The van der Waals surface area contributed by atoms with Crippen LogP contribution in [-0.2, 0) is 4.79 Å². The predicted octanol–water partition coefficient (Wildman–Crippen LogP) is 2.26. The smallest absolute Gasteiger partial charge is 0.343 e. The number of carbonyl (C=O) groups excluding carboxylic acids is 1. The van der Waals surface area contributed by atoms with E-state index in [4.69, 9.17) is 9.52 Å². The summed E-state index contributed by atoms with van der Waals surface area (Å²) in [5.74, 6) is -4.68. The molecule has 3 rings (SSSR count). The van der Waals surface area contributed by atoms with Crippen molar-refractivity contribution in [2.75, 3.05) is 13.1 Å². The van der Waals surface area contributed by atoms with E-state index in [0.29, 0.717) is 0 Å². The Hall–Kier alpha value is -2.84. The number of carbonyl (C=O) groups is 2. The maximum absolute atomic E-state index is 14.0. The van der Waals surface area contributed by atoms with E-state index >= 15 is 0 Å². The molecule has 1 amide bonds. The van der Waals surface area contributed by atoms with E-state index in [0.717, 1.165) is 23.3 Å². The molecule has 126 valence electrons. The van der Waals surface area contributed by atoms with Crippen molar-refractivity contribution in [3.63, 3.8) is 0 Å². The second kappa shape index (κ2) is 5.66. The molecule has 2 heterocycles. The molecule has 1 N–H and O–H groups in total. The summed E-state index contributed by atoms with van der Waals surface area (Å²) in [5, 5.41) is 8.83. The minimum atomic E-state index is -2.51. The number of aromatic nitrogens is 1. The quantitative estimate of drug-likeness (QED) is 0.927. The van der Waals surface area contributed by atoms with Gasteiger partial charge in [-0.05, 0) is 12.1 Å². The van der Waals surface area contributed by atoms with Gasteiger partial charge in [0.1, 0.15) is 23.5 Å². The highest BCUT2D eigenvalue weighted by molar-refractivity contribution is 5.93. The molecular formula is C15H11F3N2O4. The number of likely N-dealkylation sites (tertiary alicyclic amines) is 1. The van der Waals surface area contributed by atoms with Crippen LogP contribution in [-0.4, -0.2) is 45.6 Å². The SMILES string of the molecule is O=C(c1coc(-c2c(F)cccc2F)n1)N1CCC(F)(C(=O)O)C1. The molecule has 6 nitrogen and oxygen atoms in total. The van der Waals surface area contributed by atoms with Gasteiger partial charge in [-0.25, -0.2) is 22.9 Å². The summed E-state index contributed by atoms with van der Waals surface area (Å²) in [6, 6.07) is 3.18. The van der Waals surface area contributed by atoms with Crippen LogP contribution in [0.4, 0.5) is 13.2 Å². The molecule has 1 saturated heterocycles. The Balaban J connectivity index is 1.84. The van der Waals surface area contributed by atoms with E-state index in [-0.39, 0.29) is 18.7 Å². The minimum absolute atomic E-state index is 0.113. The van der Waals surface area contributed by atoms with E-state index in [1.165, 1.54) is 6.07 Å². The lowest BCUT2D eigenvalue weighted by atomic mass is 10.1. The van der Waals surface area contributed by atoms with Gasteiger partial charge >= 0.3 is 5.97 Å². The van der Waals surface area contributed by atoms with Gasteiger partial charge in [-0.3, -0.25) is 4.79 Å².